The number of hydrogen-bond acceptors (Lipinski definition) is 5. The molecule has 0 bridgehead atoms. The standard InChI is InChI=1S/C22H22ClN5O2/c1-12-7-13(10-24)8-17-20(12)28-21(27-17)19-16(5-6-25-22(19)30)26-11-18(29)14-3-2-4-15(23)9-14/h2-9,18,29H,10-11,24H2,1H3,(H,27,28)(H2,25,26,30). The van der Waals surface area contributed by atoms with Crippen molar-refractivity contribution in [2.45, 2.75) is 19.6 Å². The van der Waals surface area contributed by atoms with Gasteiger partial charge in [0.2, 0.25) is 0 Å². The summed E-state index contributed by atoms with van der Waals surface area (Å²) in [6.45, 7) is 2.58. The van der Waals surface area contributed by atoms with Gasteiger partial charge in [-0.1, -0.05) is 29.8 Å². The third kappa shape index (κ3) is 3.95. The lowest BCUT2D eigenvalue weighted by Gasteiger charge is -2.15. The number of nitrogens with two attached hydrogens (primary N) is 1. The fraction of sp³-hybridized carbons (Fsp3) is 0.182. The molecule has 2 heterocycles. The quantitative estimate of drug-likeness (QED) is 0.325. The lowest BCUT2D eigenvalue weighted by molar-refractivity contribution is 0.191. The summed E-state index contributed by atoms with van der Waals surface area (Å²) in [5.74, 6) is 0.448. The minimum atomic E-state index is -0.791. The molecule has 0 saturated carbocycles. The topological polar surface area (TPSA) is 120 Å². The molecule has 4 aromatic rings. The fourth-order valence-electron chi connectivity index (χ4n) is 3.50. The summed E-state index contributed by atoms with van der Waals surface area (Å²) >= 11 is 6.01. The van der Waals surface area contributed by atoms with Gasteiger partial charge >= 0.3 is 0 Å². The molecule has 0 fully saturated rings. The number of hydrogen-bond donors (Lipinski definition) is 5. The number of aryl methyl sites for hydroxylation is 1. The maximum atomic E-state index is 12.6. The number of benzene rings is 2. The van der Waals surface area contributed by atoms with Gasteiger partial charge in [-0.05, 0) is 47.9 Å². The number of aromatic amines is 2. The van der Waals surface area contributed by atoms with Gasteiger partial charge in [0, 0.05) is 24.3 Å². The molecule has 6 N–H and O–H groups in total. The van der Waals surface area contributed by atoms with Gasteiger partial charge in [-0.25, -0.2) is 4.98 Å². The first-order valence-corrected chi connectivity index (χ1v) is 9.93. The Bertz CT molecular complexity index is 1260. The second-order valence-corrected chi connectivity index (χ2v) is 7.58. The van der Waals surface area contributed by atoms with E-state index in [2.05, 4.69) is 20.3 Å². The number of anilines is 1. The summed E-state index contributed by atoms with van der Waals surface area (Å²) in [5, 5.41) is 14.2. The van der Waals surface area contributed by atoms with Crippen molar-refractivity contribution in [3.63, 3.8) is 0 Å². The highest BCUT2D eigenvalue weighted by molar-refractivity contribution is 6.30. The van der Waals surface area contributed by atoms with Crippen molar-refractivity contribution < 1.29 is 5.11 Å². The highest BCUT2D eigenvalue weighted by Gasteiger charge is 2.17. The van der Waals surface area contributed by atoms with Crippen LogP contribution in [0.3, 0.4) is 0 Å². The van der Waals surface area contributed by atoms with E-state index in [-0.39, 0.29) is 12.1 Å². The number of rotatable bonds is 6. The van der Waals surface area contributed by atoms with Crippen LogP contribution in [0.1, 0.15) is 22.8 Å². The van der Waals surface area contributed by atoms with Gasteiger partial charge in [-0.15, -0.1) is 0 Å². The van der Waals surface area contributed by atoms with E-state index >= 15 is 0 Å². The Balaban J connectivity index is 1.68. The van der Waals surface area contributed by atoms with Crippen LogP contribution in [0.2, 0.25) is 5.02 Å². The van der Waals surface area contributed by atoms with Gasteiger partial charge in [0.05, 0.1) is 22.8 Å². The normalized spacial score (nSPS) is 12.3. The maximum absolute atomic E-state index is 12.6. The molecule has 0 aliphatic heterocycles. The van der Waals surface area contributed by atoms with Crippen LogP contribution in [-0.2, 0) is 6.54 Å². The SMILES string of the molecule is Cc1cc(CN)cc2[nH]c(-c3c(NCC(O)c4cccc(Cl)c4)cc[nH]c3=O)nc12. The molecule has 7 nitrogen and oxygen atoms in total. The third-order valence-electron chi connectivity index (χ3n) is 4.99. The summed E-state index contributed by atoms with van der Waals surface area (Å²) in [6.07, 6.45) is 0.765. The van der Waals surface area contributed by atoms with Crippen molar-refractivity contribution in [3.8, 4) is 11.4 Å². The van der Waals surface area contributed by atoms with E-state index in [0.717, 1.165) is 22.2 Å². The van der Waals surface area contributed by atoms with Crippen molar-refractivity contribution >= 4 is 28.3 Å². The first-order chi connectivity index (χ1) is 14.5. The average molecular weight is 424 g/mol. The van der Waals surface area contributed by atoms with Gasteiger partial charge in [0.1, 0.15) is 11.4 Å². The van der Waals surface area contributed by atoms with E-state index in [9.17, 15) is 9.90 Å². The predicted octanol–water partition coefficient (Wildman–Crippen LogP) is 3.48. The number of halogens is 1. The molecule has 8 heteroatoms. The van der Waals surface area contributed by atoms with Crippen LogP contribution in [-0.4, -0.2) is 26.6 Å². The van der Waals surface area contributed by atoms with Gasteiger partial charge in [0.25, 0.3) is 5.56 Å². The monoisotopic (exact) mass is 423 g/mol. The first-order valence-electron chi connectivity index (χ1n) is 9.55. The third-order valence-corrected chi connectivity index (χ3v) is 5.22. The Morgan fingerprint density at radius 1 is 1.27 bits per heavy atom. The number of pyridine rings is 1. The van der Waals surface area contributed by atoms with Gasteiger partial charge in [0.15, 0.2) is 0 Å². The van der Waals surface area contributed by atoms with Gasteiger partial charge in [-0.3, -0.25) is 4.79 Å². The number of nitrogens with one attached hydrogen (secondary N) is 3. The number of aromatic nitrogens is 3. The van der Waals surface area contributed by atoms with Gasteiger partial charge in [-0.2, -0.15) is 0 Å². The Kier molecular flexibility index (Phi) is 5.59. The van der Waals surface area contributed by atoms with Crippen LogP contribution in [0.4, 0.5) is 5.69 Å². The maximum Gasteiger partial charge on any atom is 0.261 e. The Morgan fingerprint density at radius 2 is 2.10 bits per heavy atom. The van der Waals surface area contributed by atoms with Crippen LogP contribution in [0.15, 0.2) is 53.5 Å². The Labute approximate surface area is 177 Å². The fourth-order valence-corrected chi connectivity index (χ4v) is 3.70. The summed E-state index contributed by atoms with van der Waals surface area (Å²) in [7, 11) is 0. The lowest BCUT2D eigenvalue weighted by atomic mass is 10.1. The second-order valence-electron chi connectivity index (χ2n) is 7.15. The molecule has 154 valence electrons. The average Bonchev–Trinajstić information content (AvgIpc) is 3.16. The zero-order valence-electron chi connectivity index (χ0n) is 16.4. The van der Waals surface area contributed by atoms with E-state index in [1.807, 2.05) is 19.1 Å². The molecule has 30 heavy (non-hydrogen) atoms. The molecular formula is C22H22ClN5O2. The van der Waals surface area contributed by atoms with E-state index in [1.54, 1.807) is 36.5 Å². The smallest absolute Gasteiger partial charge is 0.261 e. The minimum Gasteiger partial charge on any atom is -0.387 e. The molecule has 4 rings (SSSR count). The number of nitrogens with zero attached hydrogens (tertiary/aromatic N) is 1. The molecule has 1 unspecified atom stereocenters. The van der Waals surface area contributed by atoms with Crippen LogP contribution in [0.25, 0.3) is 22.4 Å². The number of H-pyrrole nitrogens is 2. The number of fused-ring (bicyclic) bond motifs is 1. The van der Waals surface area contributed by atoms with Crippen LogP contribution >= 0.6 is 11.6 Å². The highest BCUT2D eigenvalue weighted by Crippen LogP contribution is 2.27. The largest absolute Gasteiger partial charge is 0.387 e. The van der Waals surface area contributed by atoms with Crippen molar-refractivity contribution in [1.82, 2.24) is 15.0 Å². The van der Waals surface area contributed by atoms with E-state index in [4.69, 9.17) is 17.3 Å². The predicted molar refractivity (Wildman–Crippen MR) is 120 cm³/mol. The van der Waals surface area contributed by atoms with Crippen molar-refractivity contribution in [1.29, 1.82) is 0 Å². The zero-order valence-corrected chi connectivity index (χ0v) is 17.1. The summed E-state index contributed by atoms with van der Waals surface area (Å²) in [4.78, 5) is 23.2. The van der Waals surface area contributed by atoms with Crippen LogP contribution in [0.5, 0.6) is 0 Å². The van der Waals surface area contributed by atoms with Gasteiger partial charge < -0.3 is 26.1 Å². The van der Waals surface area contributed by atoms with Crippen LogP contribution < -0.4 is 16.6 Å². The van der Waals surface area contributed by atoms with Crippen molar-refractivity contribution in [2.75, 3.05) is 11.9 Å². The number of aliphatic hydroxyl groups excluding tert-OH is 1. The molecule has 2 aromatic heterocycles. The molecule has 0 aliphatic carbocycles. The lowest BCUT2D eigenvalue weighted by Crippen LogP contribution is -2.17. The molecular weight excluding hydrogens is 402 g/mol. The van der Waals surface area contributed by atoms with E-state index < -0.39 is 6.10 Å². The summed E-state index contributed by atoms with van der Waals surface area (Å²) < 4.78 is 0. The Morgan fingerprint density at radius 3 is 2.87 bits per heavy atom. The van der Waals surface area contributed by atoms with Crippen molar-refractivity contribution in [2.24, 2.45) is 5.73 Å². The molecule has 2 aromatic carbocycles. The second kappa shape index (κ2) is 8.31. The molecule has 0 aliphatic rings. The van der Waals surface area contributed by atoms with Crippen LogP contribution in [0, 0.1) is 6.92 Å². The van der Waals surface area contributed by atoms with E-state index in [0.29, 0.717) is 34.2 Å². The molecule has 0 saturated heterocycles. The minimum absolute atomic E-state index is 0.202. The van der Waals surface area contributed by atoms with E-state index in [1.165, 1.54) is 0 Å². The molecule has 0 radical (unpaired) electrons. The summed E-state index contributed by atoms with van der Waals surface area (Å²) in [6, 6.07) is 12.7. The molecule has 1 atom stereocenters. The summed E-state index contributed by atoms with van der Waals surface area (Å²) in [5.41, 5.74) is 10.7. The zero-order chi connectivity index (χ0) is 21.3. The number of aliphatic hydroxyl groups is 1. The van der Waals surface area contributed by atoms with Crippen molar-refractivity contribution in [3.05, 3.63) is 80.7 Å². The molecule has 0 spiro atoms. The number of imidazole rings is 1. The first kappa shape index (κ1) is 20.2. The Hall–Kier alpha value is -3.13. The molecule has 0 amide bonds. The highest BCUT2D eigenvalue weighted by atomic mass is 35.5.